The average molecular weight is 366 g/mol. The first-order chi connectivity index (χ1) is 11.5. The summed E-state index contributed by atoms with van der Waals surface area (Å²) in [7, 11) is 0. The second kappa shape index (κ2) is 8.71. The van der Waals surface area contributed by atoms with E-state index in [1.807, 2.05) is 6.92 Å². The molecule has 6 heteroatoms. The Hall–Kier alpha value is -2.04. The van der Waals surface area contributed by atoms with E-state index in [9.17, 15) is 9.59 Å². The van der Waals surface area contributed by atoms with Gasteiger partial charge in [-0.25, -0.2) is 4.79 Å². The smallest absolute Gasteiger partial charge is 0.338 e. The minimum absolute atomic E-state index is 0.274. The van der Waals surface area contributed by atoms with E-state index in [-0.39, 0.29) is 16.9 Å². The first-order valence-electron chi connectivity index (χ1n) is 7.55. The molecule has 1 amide bonds. The molecule has 0 spiro atoms. The van der Waals surface area contributed by atoms with E-state index in [0.29, 0.717) is 28.4 Å². The quantitative estimate of drug-likeness (QED) is 0.565. The van der Waals surface area contributed by atoms with Crippen LogP contribution in [0.2, 0.25) is 10.0 Å². The molecule has 0 saturated carbocycles. The van der Waals surface area contributed by atoms with Crippen LogP contribution in [0.4, 0.5) is 5.69 Å². The van der Waals surface area contributed by atoms with Crippen LogP contribution in [0.5, 0.6) is 0 Å². The SMILES string of the molecule is CCCCOC(=O)c1ccc(NC(=O)c2ccc(Cl)cc2Cl)cc1. The van der Waals surface area contributed by atoms with Gasteiger partial charge in [-0.3, -0.25) is 4.79 Å². The lowest BCUT2D eigenvalue weighted by Crippen LogP contribution is -2.13. The summed E-state index contributed by atoms with van der Waals surface area (Å²) >= 11 is 11.8. The molecule has 24 heavy (non-hydrogen) atoms. The Bertz CT molecular complexity index is 730. The van der Waals surface area contributed by atoms with Crippen molar-refractivity contribution in [2.45, 2.75) is 19.8 Å². The second-order valence-corrected chi connectivity index (χ2v) is 5.99. The molecule has 0 fully saturated rings. The van der Waals surface area contributed by atoms with Gasteiger partial charge < -0.3 is 10.1 Å². The van der Waals surface area contributed by atoms with Gasteiger partial charge in [0.25, 0.3) is 5.91 Å². The number of rotatable bonds is 6. The van der Waals surface area contributed by atoms with Crippen LogP contribution in [0.25, 0.3) is 0 Å². The molecule has 0 bridgehead atoms. The fourth-order valence-electron chi connectivity index (χ4n) is 1.95. The Kier molecular flexibility index (Phi) is 6.64. The van der Waals surface area contributed by atoms with Crippen molar-refractivity contribution in [3.8, 4) is 0 Å². The standard InChI is InChI=1S/C18H17Cl2NO3/c1-2-3-10-24-18(23)12-4-7-14(8-5-12)21-17(22)15-9-6-13(19)11-16(15)20/h4-9,11H,2-3,10H2,1H3,(H,21,22). The fourth-order valence-corrected chi connectivity index (χ4v) is 2.45. The predicted octanol–water partition coefficient (Wildman–Crippen LogP) is 5.20. The maximum Gasteiger partial charge on any atom is 0.338 e. The van der Waals surface area contributed by atoms with Crippen LogP contribution in [0.15, 0.2) is 42.5 Å². The zero-order valence-electron chi connectivity index (χ0n) is 13.1. The summed E-state index contributed by atoms with van der Waals surface area (Å²) in [4.78, 5) is 24.0. The topological polar surface area (TPSA) is 55.4 Å². The first kappa shape index (κ1) is 18.3. The monoisotopic (exact) mass is 365 g/mol. The highest BCUT2D eigenvalue weighted by molar-refractivity contribution is 6.37. The normalized spacial score (nSPS) is 10.3. The van der Waals surface area contributed by atoms with Gasteiger partial charge in [0.2, 0.25) is 0 Å². The van der Waals surface area contributed by atoms with Crippen LogP contribution in [-0.4, -0.2) is 18.5 Å². The van der Waals surface area contributed by atoms with Gasteiger partial charge in [-0.15, -0.1) is 0 Å². The number of benzene rings is 2. The number of hydrogen-bond acceptors (Lipinski definition) is 3. The largest absolute Gasteiger partial charge is 0.462 e. The number of halogens is 2. The lowest BCUT2D eigenvalue weighted by atomic mass is 10.2. The summed E-state index contributed by atoms with van der Waals surface area (Å²) < 4.78 is 5.13. The van der Waals surface area contributed by atoms with E-state index >= 15 is 0 Å². The van der Waals surface area contributed by atoms with Gasteiger partial charge >= 0.3 is 5.97 Å². The molecule has 0 aliphatic rings. The average Bonchev–Trinajstić information content (AvgIpc) is 2.55. The molecule has 0 atom stereocenters. The van der Waals surface area contributed by atoms with Crippen LogP contribution >= 0.6 is 23.2 Å². The van der Waals surface area contributed by atoms with E-state index in [0.717, 1.165) is 12.8 Å². The third kappa shape index (κ3) is 4.98. The van der Waals surface area contributed by atoms with E-state index < -0.39 is 0 Å². The van der Waals surface area contributed by atoms with Gasteiger partial charge in [-0.1, -0.05) is 36.5 Å². The second-order valence-electron chi connectivity index (χ2n) is 5.15. The third-order valence-corrected chi connectivity index (χ3v) is 3.83. The lowest BCUT2D eigenvalue weighted by Gasteiger charge is -2.08. The van der Waals surface area contributed by atoms with Crippen LogP contribution in [-0.2, 0) is 4.74 Å². The molecule has 1 N–H and O–H groups in total. The molecule has 0 heterocycles. The molecular weight excluding hydrogens is 349 g/mol. The summed E-state index contributed by atoms with van der Waals surface area (Å²) in [5, 5.41) is 3.45. The van der Waals surface area contributed by atoms with E-state index in [2.05, 4.69) is 5.32 Å². The van der Waals surface area contributed by atoms with E-state index in [4.69, 9.17) is 27.9 Å². The van der Waals surface area contributed by atoms with Crippen molar-refractivity contribution in [3.05, 3.63) is 63.6 Å². The number of ether oxygens (including phenoxy) is 1. The molecule has 0 unspecified atom stereocenters. The molecule has 126 valence electrons. The number of carbonyl (C=O) groups excluding carboxylic acids is 2. The summed E-state index contributed by atoms with van der Waals surface area (Å²) in [6.07, 6.45) is 1.80. The van der Waals surface area contributed by atoms with Crippen molar-refractivity contribution in [1.82, 2.24) is 0 Å². The molecule has 0 aliphatic heterocycles. The number of esters is 1. The van der Waals surface area contributed by atoms with Gasteiger partial charge in [0.05, 0.1) is 22.8 Å². The molecular formula is C18H17Cl2NO3. The maximum absolute atomic E-state index is 12.2. The van der Waals surface area contributed by atoms with E-state index in [1.165, 1.54) is 6.07 Å². The van der Waals surface area contributed by atoms with Crippen LogP contribution < -0.4 is 5.32 Å². The first-order valence-corrected chi connectivity index (χ1v) is 8.30. The Morgan fingerprint density at radius 3 is 2.42 bits per heavy atom. The number of hydrogen-bond donors (Lipinski definition) is 1. The molecule has 0 radical (unpaired) electrons. The predicted molar refractivity (Wildman–Crippen MR) is 96.0 cm³/mol. The molecule has 2 aromatic carbocycles. The Morgan fingerprint density at radius 2 is 1.79 bits per heavy atom. The van der Waals surface area contributed by atoms with Gasteiger partial charge in [-0.05, 0) is 48.9 Å². The number of carbonyl (C=O) groups is 2. The zero-order valence-corrected chi connectivity index (χ0v) is 14.7. The summed E-state index contributed by atoms with van der Waals surface area (Å²) in [6, 6.07) is 11.1. The summed E-state index contributed by atoms with van der Waals surface area (Å²) in [6.45, 7) is 2.43. The van der Waals surface area contributed by atoms with Crippen molar-refractivity contribution in [1.29, 1.82) is 0 Å². The Labute approximate surface area is 150 Å². The highest BCUT2D eigenvalue weighted by Gasteiger charge is 2.12. The molecule has 0 aliphatic carbocycles. The van der Waals surface area contributed by atoms with Crippen molar-refractivity contribution in [2.75, 3.05) is 11.9 Å². The Morgan fingerprint density at radius 1 is 1.08 bits per heavy atom. The van der Waals surface area contributed by atoms with Gasteiger partial charge in [0.15, 0.2) is 0 Å². The molecule has 0 aromatic heterocycles. The summed E-state index contributed by atoms with van der Waals surface area (Å²) in [5.74, 6) is -0.725. The number of unbranched alkanes of at least 4 members (excludes halogenated alkanes) is 1. The van der Waals surface area contributed by atoms with Crippen molar-refractivity contribution in [2.24, 2.45) is 0 Å². The third-order valence-electron chi connectivity index (χ3n) is 3.29. The fraction of sp³-hybridized carbons (Fsp3) is 0.222. The maximum atomic E-state index is 12.2. The molecule has 4 nitrogen and oxygen atoms in total. The minimum atomic E-state index is -0.373. The van der Waals surface area contributed by atoms with Gasteiger partial charge in [0.1, 0.15) is 0 Å². The highest BCUT2D eigenvalue weighted by Crippen LogP contribution is 2.22. The number of amides is 1. The highest BCUT2D eigenvalue weighted by atomic mass is 35.5. The molecule has 0 saturated heterocycles. The van der Waals surface area contributed by atoms with Crippen molar-refractivity contribution >= 4 is 40.8 Å². The van der Waals surface area contributed by atoms with Crippen LogP contribution in [0.3, 0.4) is 0 Å². The number of nitrogens with one attached hydrogen (secondary N) is 1. The number of anilines is 1. The van der Waals surface area contributed by atoms with Gasteiger partial charge in [-0.2, -0.15) is 0 Å². The zero-order chi connectivity index (χ0) is 17.5. The van der Waals surface area contributed by atoms with E-state index in [1.54, 1.807) is 36.4 Å². The Balaban J connectivity index is 2.00. The summed E-state index contributed by atoms with van der Waals surface area (Å²) in [5.41, 5.74) is 1.31. The molecule has 2 aromatic rings. The minimum Gasteiger partial charge on any atom is -0.462 e. The van der Waals surface area contributed by atoms with Crippen LogP contribution in [0, 0.1) is 0 Å². The van der Waals surface area contributed by atoms with Crippen molar-refractivity contribution < 1.29 is 14.3 Å². The molecule has 2 rings (SSSR count). The van der Waals surface area contributed by atoms with Gasteiger partial charge in [0, 0.05) is 10.7 Å². The van der Waals surface area contributed by atoms with Crippen LogP contribution in [0.1, 0.15) is 40.5 Å². The lowest BCUT2D eigenvalue weighted by molar-refractivity contribution is 0.0499. The van der Waals surface area contributed by atoms with Crippen molar-refractivity contribution in [3.63, 3.8) is 0 Å².